The average molecular weight is 603 g/mol. The number of benzene rings is 4. The van der Waals surface area contributed by atoms with Crippen molar-refractivity contribution in [3.8, 4) is 5.75 Å². The maximum absolute atomic E-state index is 11.3. The van der Waals surface area contributed by atoms with E-state index < -0.39 is 5.97 Å². The van der Waals surface area contributed by atoms with Crippen LogP contribution in [0, 0.1) is 0 Å². The minimum Gasteiger partial charge on any atom is -0.493 e. The minimum atomic E-state index is -0.969. The van der Waals surface area contributed by atoms with E-state index in [0.29, 0.717) is 37.0 Å². The van der Waals surface area contributed by atoms with Crippen molar-refractivity contribution >= 4 is 28.5 Å². The van der Waals surface area contributed by atoms with Gasteiger partial charge in [0, 0.05) is 34.2 Å². The van der Waals surface area contributed by atoms with Gasteiger partial charge in [0.15, 0.2) is 0 Å². The Bertz CT molecular complexity index is 1800. The summed E-state index contributed by atoms with van der Waals surface area (Å²) in [5.41, 5.74) is 6.54. The summed E-state index contributed by atoms with van der Waals surface area (Å²) in [4.78, 5) is 15.7. The quantitative estimate of drug-likeness (QED) is 0.152. The Morgan fingerprint density at radius 1 is 0.818 bits per heavy atom. The molecular formula is C37H31ClN2O4. The number of carbonyl (C=O) groups is 1. The third-order valence-corrected chi connectivity index (χ3v) is 7.84. The van der Waals surface area contributed by atoms with Crippen LogP contribution in [0.4, 0.5) is 0 Å². The molecule has 0 saturated heterocycles. The van der Waals surface area contributed by atoms with E-state index >= 15 is 0 Å². The highest BCUT2D eigenvalue weighted by Crippen LogP contribution is 2.38. The lowest BCUT2D eigenvalue weighted by molar-refractivity contribution is 0.0697. The number of carboxylic acid groups (broad SMARTS) is 1. The van der Waals surface area contributed by atoms with Gasteiger partial charge in [-0.2, -0.15) is 0 Å². The van der Waals surface area contributed by atoms with Gasteiger partial charge in [0.2, 0.25) is 0 Å². The maximum Gasteiger partial charge on any atom is 0.335 e. The van der Waals surface area contributed by atoms with Gasteiger partial charge in [-0.05, 0) is 71.3 Å². The number of aromatic carboxylic acids is 1. The molecule has 2 aromatic heterocycles. The van der Waals surface area contributed by atoms with E-state index in [1.165, 1.54) is 0 Å². The fourth-order valence-corrected chi connectivity index (χ4v) is 5.77. The number of pyridine rings is 1. The van der Waals surface area contributed by atoms with E-state index in [-0.39, 0.29) is 11.6 Å². The van der Waals surface area contributed by atoms with Gasteiger partial charge in [-0.15, -0.1) is 0 Å². The highest BCUT2D eigenvalue weighted by Gasteiger charge is 2.26. The minimum absolute atomic E-state index is 0.118. The fourth-order valence-electron chi connectivity index (χ4n) is 5.60. The van der Waals surface area contributed by atoms with Gasteiger partial charge in [0.1, 0.15) is 5.75 Å². The molecule has 6 aromatic rings. The first kappa shape index (κ1) is 29.2. The first-order chi connectivity index (χ1) is 21.6. The van der Waals surface area contributed by atoms with Gasteiger partial charge in [0.05, 0.1) is 37.1 Å². The van der Waals surface area contributed by atoms with E-state index in [1.54, 1.807) is 30.5 Å². The lowest BCUT2D eigenvalue weighted by Crippen LogP contribution is -2.17. The van der Waals surface area contributed by atoms with Gasteiger partial charge in [0.25, 0.3) is 0 Å². The molecule has 0 amide bonds. The SMILES string of the molecule is O=C(O)c1ccc(OCCc2c(COCc3ccccn3)n(C(c3ccccc3)c3ccccc3)c3ccc(Cl)cc23)cc1. The Kier molecular flexibility index (Phi) is 9.01. The Hall–Kier alpha value is -4.91. The highest BCUT2D eigenvalue weighted by atomic mass is 35.5. The molecule has 0 bridgehead atoms. The molecule has 0 unspecified atom stereocenters. The number of aromatic nitrogens is 2. The first-order valence-electron chi connectivity index (χ1n) is 14.4. The summed E-state index contributed by atoms with van der Waals surface area (Å²) in [6.07, 6.45) is 2.35. The molecule has 0 spiro atoms. The number of carboxylic acids is 1. The molecule has 0 atom stereocenters. The van der Waals surface area contributed by atoms with Crippen molar-refractivity contribution in [2.24, 2.45) is 0 Å². The van der Waals surface area contributed by atoms with E-state index in [1.807, 2.05) is 42.5 Å². The van der Waals surface area contributed by atoms with Crippen LogP contribution in [0.5, 0.6) is 5.75 Å². The molecule has 0 aliphatic rings. The number of rotatable bonds is 12. The molecule has 2 heterocycles. The van der Waals surface area contributed by atoms with Gasteiger partial charge in [-0.1, -0.05) is 78.3 Å². The van der Waals surface area contributed by atoms with E-state index in [2.05, 4.69) is 64.1 Å². The van der Waals surface area contributed by atoms with Crippen LogP contribution in [-0.4, -0.2) is 27.2 Å². The Morgan fingerprint density at radius 3 is 2.14 bits per heavy atom. The van der Waals surface area contributed by atoms with Crippen molar-refractivity contribution in [2.75, 3.05) is 6.61 Å². The lowest BCUT2D eigenvalue weighted by Gasteiger charge is -2.25. The summed E-state index contributed by atoms with van der Waals surface area (Å²) < 4.78 is 14.8. The smallest absolute Gasteiger partial charge is 0.335 e. The Balaban J connectivity index is 1.43. The van der Waals surface area contributed by atoms with Crippen LogP contribution < -0.4 is 4.74 Å². The Morgan fingerprint density at radius 2 is 1.50 bits per heavy atom. The number of ether oxygens (including phenoxy) is 2. The topological polar surface area (TPSA) is 73.6 Å². The second-order valence-electron chi connectivity index (χ2n) is 10.4. The molecule has 0 radical (unpaired) electrons. The molecule has 4 aromatic carbocycles. The summed E-state index contributed by atoms with van der Waals surface area (Å²) in [5.74, 6) is -0.362. The monoisotopic (exact) mass is 602 g/mol. The zero-order valence-corrected chi connectivity index (χ0v) is 24.7. The van der Waals surface area contributed by atoms with Crippen molar-refractivity contribution in [3.63, 3.8) is 0 Å². The summed E-state index contributed by atoms with van der Waals surface area (Å²) in [7, 11) is 0. The second kappa shape index (κ2) is 13.6. The molecule has 0 aliphatic carbocycles. The Labute approximate surface area is 261 Å². The van der Waals surface area contributed by atoms with Crippen molar-refractivity contribution in [1.82, 2.24) is 9.55 Å². The normalized spacial score (nSPS) is 11.2. The summed E-state index contributed by atoms with van der Waals surface area (Å²) in [5, 5.41) is 10.9. The average Bonchev–Trinajstić information content (AvgIpc) is 3.34. The van der Waals surface area contributed by atoms with Crippen LogP contribution in [-0.2, 0) is 24.4 Å². The molecular weight excluding hydrogens is 572 g/mol. The van der Waals surface area contributed by atoms with Gasteiger partial charge in [-0.3, -0.25) is 4.98 Å². The zero-order chi connectivity index (χ0) is 30.3. The lowest BCUT2D eigenvalue weighted by atomic mass is 9.98. The van der Waals surface area contributed by atoms with Crippen molar-refractivity contribution in [1.29, 1.82) is 0 Å². The first-order valence-corrected chi connectivity index (χ1v) is 14.8. The summed E-state index contributed by atoms with van der Waals surface area (Å²) >= 11 is 6.59. The molecule has 0 saturated carbocycles. The molecule has 220 valence electrons. The number of nitrogens with zero attached hydrogens (tertiary/aromatic N) is 2. The van der Waals surface area contributed by atoms with Crippen molar-refractivity contribution in [2.45, 2.75) is 25.7 Å². The van der Waals surface area contributed by atoms with Crippen LogP contribution in [0.15, 0.2) is 128 Å². The number of hydrogen-bond acceptors (Lipinski definition) is 4. The predicted molar refractivity (Wildman–Crippen MR) is 172 cm³/mol. The molecule has 6 nitrogen and oxygen atoms in total. The third-order valence-electron chi connectivity index (χ3n) is 7.61. The molecule has 6 rings (SSSR count). The second-order valence-corrected chi connectivity index (χ2v) is 10.9. The molecule has 7 heteroatoms. The van der Waals surface area contributed by atoms with Gasteiger partial charge in [-0.25, -0.2) is 4.79 Å². The highest BCUT2D eigenvalue weighted by molar-refractivity contribution is 6.31. The molecule has 0 fully saturated rings. The van der Waals surface area contributed by atoms with Gasteiger partial charge >= 0.3 is 5.97 Å². The maximum atomic E-state index is 11.3. The largest absolute Gasteiger partial charge is 0.493 e. The van der Waals surface area contributed by atoms with E-state index in [0.717, 1.165) is 39.0 Å². The van der Waals surface area contributed by atoms with Crippen LogP contribution in [0.3, 0.4) is 0 Å². The molecule has 0 aliphatic heterocycles. The van der Waals surface area contributed by atoms with Crippen molar-refractivity contribution in [3.05, 3.63) is 166 Å². The molecule has 1 N–H and O–H groups in total. The number of hydrogen-bond donors (Lipinski definition) is 1. The van der Waals surface area contributed by atoms with E-state index in [4.69, 9.17) is 21.1 Å². The van der Waals surface area contributed by atoms with E-state index in [9.17, 15) is 9.90 Å². The van der Waals surface area contributed by atoms with Crippen LogP contribution in [0.2, 0.25) is 5.02 Å². The predicted octanol–water partition coefficient (Wildman–Crippen LogP) is 8.36. The third kappa shape index (κ3) is 6.52. The fraction of sp³-hybridized carbons (Fsp3) is 0.135. The molecule has 44 heavy (non-hydrogen) atoms. The number of halogens is 1. The van der Waals surface area contributed by atoms with Crippen LogP contribution in [0.1, 0.15) is 44.5 Å². The summed E-state index contributed by atoms with van der Waals surface area (Å²) in [6, 6.07) is 39.1. The van der Waals surface area contributed by atoms with Crippen LogP contribution in [0.25, 0.3) is 10.9 Å². The van der Waals surface area contributed by atoms with Gasteiger partial charge < -0.3 is 19.1 Å². The number of fused-ring (bicyclic) bond motifs is 1. The standard InChI is InChI=1S/C37H31ClN2O4/c38-29-16-19-34-33(23-29)32(20-22-44-31-17-14-28(15-18-31)37(41)42)35(25-43-24-30-13-7-8-21-39-30)40(34)36(26-9-3-1-4-10-26)27-11-5-2-6-12-27/h1-19,21,23,36H,20,22,24-25H2,(H,41,42). The van der Waals surface area contributed by atoms with Crippen molar-refractivity contribution < 1.29 is 19.4 Å². The van der Waals surface area contributed by atoms with Crippen LogP contribution >= 0.6 is 11.6 Å². The summed E-state index contributed by atoms with van der Waals surface area (Å²) in [6.45, 7) is 1.10. The zero-order valence-electron chi connectivity index (χ0n) is 24.0.